The number of benzene rings is 1. The lowest BCUT2D eigenvalue weighted by atomic mass is 9.99. The first-order valence-electron chi connectivity index (χ1n) is 6.75. The number of hydrogen-bond acceptors (Lipinski definition) is 2. The maximum absolute atomic E-state index is 11.6. The molecule has 1 fully saturated rings. The number of amides is 1. The maximum atomic E-state index is 11.6. The zero-order chi connectivity index (χ0) is 12.8. The molecule has 1 saturated heterocycles. The standard InChI is InChI=1S/C15H21NOS/c1-2-15(17)16-10-8-13(9-11-16)12-18-14-6-4-3-5-7-14/h3-7,13H,2,8-12H2,1H3. The van der Waals surface area contributed by atoms with Crippen LogP contribution in [0.15, 0.2) is 35.2 Å². The van der Waals surface area contributed by atoms with Crippen molar-refractivity contribution in [3.8, 4) is 0 Å². The molecule has 0 aromatic heterocycles. The second-order valence-electron chi connectivity index (χ2n) is 4.80. The van der Waals surface area contributed by atoms with Gasteiger partial charge in [-0.15, -0.1) is 11.8 Å². The van der Waals surface area contributed by atoms with Crippen molar-refractivity contribution in [1.29, 1.82) is 0 Å². The molecule has 1 amide bonds. The van der Waals surface area contributed by atoms with Gasteiger partial charge in [0.2, 0.25) is 5.91 Å². The molecule has 1 aliphatic rings. The minimum absolute atomic E-state index is 0.309. The van der Waals surface area contributed by atoms with Gasteiger partial charge in [0, 0.05) is 30.2 Å². The van der Waals surface area contributed by atoms with E-state index in [0.717, 1.165) is 31.8 Å². The Hall–Kier alpha value is -0.960. The van der Waals surface area contributed by atoms with E-state index in [2.05, 4.69) is 30.3 Å². The van der Waals surface area contributed by atoms with Gasteiger partial charge in [0.15, 0.2) is 0 Å². The van der Waals surface area contributed by atoms with Crippen molar-refractivity contribution in [1.82, 2.24) is 4.90 Å². The van der Waals surface area contributed by atoms with Gasteiger partial charge in [-0.25, -0.2) is 0 Å². The zero-order valence-electron chi connectivity index (χ0n) is 11.0. The number of thioether (sulfide) groups is 1. The minimum Gasteiger partial charge on any atom is -0.343 e. The molecule has 1 aliphatic heterocycles. The highest BCUT2D eigenvalue weighted by Crippen LogP contribution is 2.26. The van der Waals surface area contributed by atoms with Gasteiger partial charge in [-0.1, -0.05) is 25.1 Å². The van der Waals surface area contributed by atoms with E-state index in [9.17, 15) is 4.79 Å². The van der Waals surface area contributed by atoms with Crippen LogP contribution in [0.4, 0.5) is 0 Å². The minimum atomic E-state index is 0.309. The summed E-state index contributed by atoms with van der Waals surface area (Å²) in [4.78, 5) is 14.9. The van der Waals surface area contributed by atoms with E-state index >= 15 is 0 Å². The van der Waals surface area contributed by atoms with Crippen LogP contribution in [0, 0.1) is 5.92 Å². The topological polar surface area (TPSA) is 20.3 Å². The normalized spacial score (nSPS) is 16.8. The molecule has 1 aromatic rings. The van der Waals surface area contributed by atoms with E-state index in [4.69, 9.17) is 0 Å². The number of likely N-dealkylation sites (tertiary alicyclic amines) is 1. The SMILES string of the molecule is CCC(=O)N1CCC(CSc2ccccc2)CC1. The summed E-state index contributed by atoms with van der Waals surface area (Å²) >= 11 is 1.94. The molecule has 0 N–H and O–H groups in total. The van der Waals surface area contributed by atoms with Crippen LogP contribution in [0.5, 0.6) is 0 Å². The van der Waals surface area contributed by atoms with Crippen LogP contribution < -0.4 is 0 Å². The van der Waals surface area contributed by atoms with Crippen LogP contribution in [0.1, 0.15) is 26.2 Å². The molecule has 0 aliphatic carbocycles. The lowest BCUT2D eigenvalue weighted by molar-refractivity contribution is -0.132. The fourth-order valence-corrected chi connectivity index (χ4v) is 3.41. The highest BCUT2D eigenvalue weighted by molar-refractivity contribution is 7.99. The molecule has 0 radical (unpaired) electrons. The van der Waals surface area contributed by atoms with E-state index in [0.29, 0.717) is 12.3 Å². The van der Waals surface area contributed by atoms with Gasteiger partial charge in [0.25, 0.3) is 0 Å². The van der Waals surface area contributed by atoms with Crippen LogP contribution in [0.25, 0.3) is 0 Å². The Morgan fingerprint density at radius 1 is 1.28 bits per heavy atom. The number of carbonyl (C=O) groups is 1. The quantitative estimate of drug-likeness (QED) is 0.776. The Kier molecular flexibility index (Phi) is 5.12. The molecule has 2 rings (SSSR count). The summed E-state index contributed by atoms with van der Waals surface area (Å²) < 4.78 is 0. The van der Waals surface area contributed by atoms with E-state index < -0.39 is 0 Å². The average Bonchev–Trinajstić information content (AvgIpc) is 2.46. The Morgan fingerprint density at radius 2 is 1.94 bits per heavy atom. The molecular formula is C15H21NOS. The van der Waals surface area contributed by atoms with Crippen molar-refractivity contribution < 1.29 is 4.79 Å². The third kappa shape index (κ3) is 3.77. The van der Waals surface area contributed by atoms with Crippen molar-refractivity contribution in [2.75, 3.05) is 18.8 Å². The highest BCUT2D eigenvalue weighted by atomic mass is 32.2. The predicted molar refractivity (Wildman–Crippen MR) is 76.8 cm³/mol. The van der Waals surface area contributed by atoms with E-state index in [1.54, 1.807) is 0 Å². The van der Waals surface area contributed by atoms with Crippen molar-refractivity contribution in [2.45, 2.75) is 31.1 Å². The van der Waals surface area contributed by atoms with E-state index in [1.807, 2.05) is 23.6 Å². The number of hydrogen-bond donors (Lipinski definition) is 0. The summed E-state index contributed by atoms with van der Waals surface area (Å²) in [6, 6.07) is 10.6. The van der Waals surface area contributed by atoms with Crippen molar-refractivity contribution in [2.24, 2.45) is 5.92 Å². The number of piperidine rings is 1. The zero-order valence-corrected chi connectivity index (χ0v) is 11.8. The Balaban J connectivity index is 1.72. The predicted octanol–water partition coefficient (Wildman–Crippen LogP) is 3.43. The Bertz CT molecular complexity index is 371. The largest absolute Gasteiger partial charge is 0.343 e. The molecule has 0 bridgehead atoms. The summed E-state index contributed by atoms with van der Waals surface area (Å²) in [5.41, 5.74) is 0. The molecule has 1 aromatic carbocycles. The number of rotatable bonds is 4. The summed E-state index contributed by atoms with van der Waals surface area (Å²) in [5, 5.41) is 0. The number of nitrogens with zero attached hydrogens (tertiary/aromatic N) is 1. The van der Waals surface area contributed by atoms with Crippen molar-refractivity contribution in [3.63, 3.8) is 0 Å². The fraction of sp³-hybridized carbons (Fsp3) is 0.533. The summed E-state index contributed by atoms with van der Waals surface area (Å²) in [7, 11) is 0. The molecule has 98 valence electrons. The van der Waals surface area contributed by atoms with Gasteiger partial charge in [-0.05, 0) is 30.9 Å². The van der Waals surface area contributed by atoms with Crippen LogP contribution in [0.3, 0.4) is 0 Å². The highest BCUT2D eigenvalue weighted by Gasteiger charge is 2.21. The smallest absolute Gasteiger partial charge is 0.222 e. The molecule has 3 heteroatoms. The van der Waals surface area contributed by atoms with Gasteiger partial charge in [0.05, 0.1) is 0 Å². The van der Waals surface area contributed by atoms with Crippen LogP contribution in [-0.4, -0.2) is 29.6 Å². The summed E-state index contributed by atoms with van der Waals surface area (Å²) in [6.07, 6.45) is 2.96. The Morgan fingerprint density at radius 3 is 2.56 bits per heavy atom. The van der Waals surface area contributed by atoms with Gasteiger partial charge >= 0.3 is 0 Å². The average molecular weight is 263 g/mol. The first kappa shape index (κ1) is 13.5. The van der Waals surface area contributed by atoms with E-state index in [1.165, 1.54) is 10.6 Å². The fourth-order valence-electron chi connectivity index (χ4n) is 2.30. The third-order valence-electron chi connectivity index (χ3n) is 3.50. The lowest BCUT2D eigenvalue weighted by Crippen LogP contribution is -2.38. The maximum Gasteiger partial charge on any atom is 0.222 e. The Labute approximate surface area is 114 Å². The van der Waals surface area contributed by atoms with Gasteiger partial charge in [-0.3, -0.25) is 4.79 Å². The van der Waals surface area contributed by atoms with E-state index in [-0.39, 0.29) is 0 Å². The second-order valence-corrected chi connectivity index (χ2v) is 5.90. The number of carbonyl (C=O) groups excluding carboxylic acids is 1. The lowest BCUT2D eigenvalue weighted by Gasteiger charge is -2.31. The van der Waals surface area contributed by atoms with Crippen LogP contribution in [0.2, 0.25) is 0 Å². The summed E-state index contributed by atoms with van der Waals surface area (Å²) in [5.74, 6) is 2.25. The van der Waals surface area contributed by atoms with Gasteiger partial charge in [-0.2, -0.15) is 0 Å². The molecule has 0 unspecified atom stereocenters. The third-order valence-corrected chi connectivity index (χ3v) is 4.74. The molecule has 1 heterocycles. The van der Waals surface area contributed by atoms with Crippen LogP contribution >= 0.6 is 11.8 Å². The van der Waals surface area contributed by atoms with Crippen molar-refractivity contribution in [3.05, 3.63) is 30.3 Å². The van der Waals surface area contributed by atoms with Crippen molar-refractivity contribution >= 4 is 17.7 Å². The van der Waals surface area contributed by atoms with Crippen LogP contribution in [-0.2, 0) is 4.79 Å². The first-order valence-corrected chi connectivity index (χ1v) is 7.73. The molecule has 0 atom stereocenters. The molecular weight excluding hydrogens is 242 g/mol. The molecule has 18 heavy (non-hydrogen) atoms. The molecule has 0 spiro atoms. The first-order chi connectivity index (χ1) is 8.79. The molecule has 0 saturated carbocycles. The monoisotopic (exact) mass is 263 g/mol. The summed E-state index contributed by atoms with van der Waals surface area (Å²) in [6.45, 7) is 3.85. The van der Waals surface area contributed by atoms with Gasteiger partial charge < -0.3 is 4.90 Å². The van der Waals surface area contributed by atoms with Gasteiger partial charge in [0.1, 0.15) is 0 Å². The molecule has 2 nitrogen and oxygen atoms in total. The second kappa shape index (κ2) is 6.83.